The molecule has 0 radical (unpaired) electrons. The largest absolute Gasteiger partial charge is 0.468 e. The molecule has 0 aliphatic rings. The zero-order valence-electron chi connectivity index (χ0n) is 16.2. The Labute approximate surface area is 155 Å². The minimum atomic E-state index is -0.191. The van der Waals surface area contributed by atoms with Gasteiger partial charge < -0.3 is 15.1 Å². The Morgan fingerprint density at radius 3 is 2.65 bits per heavy atom. The third-order valence-corrected chi connectivity index (χ3v) is 4.31. The number of guanidine groups is 1. The maximum atomic E-state index is 13.8. The molecule has 5 nitrogen and oxygen atoms in total. The Morgan fingerprint density at radius 1 is 1.31 bits per heavy atom. The van der Waals surface area contributed by atoms with E-state index in [-0.39, 0.29) is 17.9 Å². The van der Waals surface area contributed by atoms with Crippen LogP contribution in [0.1, 0.15) is 42.8 Å². The van der Waals surface area contributed by atoms with Gasteiger partial charge in [0.25, 0.3) is 0 Å². The fraction of sp³-hybridized carbons (Fsp3) is 0.450. The van der Waals surface area contributed by atoms with E-state index >= 15 is 0 Å². The average Bonchev–Trinajstić information content (AvgIpc) is 3.11. The monoisotopic (exact) mass is 360 g/mol. The molecule has 1 aromatic heterocycles. The van der Waals surface area contributed by atoms with Crippen molar-refractivity contribution >= 4 is 5.96 Å². The van der Waals surface area contributed by atoms with Gasteiger partial charge >= 0.3 is 0 Å². The first kappa shape index (κ1) is 20.0. The molecule has 1 heterocycles. The summed E-state index contributed by atoms with van der Waals surface area (Å²) in [5.74, 6) is 1.38. The lowest BCUT2D eigenvalue weighted by atomic mass is 10.1. The van der Waals surface area contributed by atoms with Crippen LogP contribution >= 0.6 is 0 Å². The van der Waals surface area contributed by atoms with Gasteiger partial charge in [0, 0.05) is 6.54 Å². The molecule has 26 heavy (non-hydrogen) atoms. The molecule has 2 atom stereocenters. The van der Waals surface area contributed by atoms with E-state index in [1.807, 2.05) is 46.1 Å². The first-order valence-corrected chi connectivity index (χ1v) is 8.93. The Morgan fingerprint density at radius 2 is 2.08 bits per heavy atom. The molecule has 142 valence electrons. The van der Waals surface area contributed by atoms with Crippen LogP contribution in [0.2, 0.25) is 0 Å². The molecule has 6 heteroatoms. The minimum absolute atomic E-state index is 0.0487. The Hall–Kier alpha value is -2.34. The van der Waals surface area contributed by atoms with Crippen LogP contribution in [0.4, 0.5) is 4.39 Å². The summed E-state index contributed by atoms with van der Waals surface area (Å²) in [4.78, 5) is 6.77. The second kappa shape index (κ2) is 9.38. The fourth-order valence-electron chi connectivity index (χ4n) is 2.65. The highest BCUT2D eigenvalue weighted by molar-refractivity contribution is 5.80. The molecule has 0 amide bonds. The molecule has 0 spiro atoms. The SMILES string of the molecule is CCNC(=NCC(c1ccco1)N(C)C)NC(C)c1ccc(C)c(F)c1. The van der Waals surface area contributed by atoms with Gasteiger partial charge in [-0.25, -0.2) is 4.39 Å². The first-order valence-electron chi connectivity index (χ1n) is 8.93. The predicted molar refractivity (Wildman–Crippen MR) is 104 cm³/mol. The zero-order chi connectivity index (χ0) is 19.1. The molecule has 2 N–H and O–H groups in total. The molecule has 2 rings (SSSR count). The van der Waals surface area contributed by atoms with E-state index < -0.39 is 0 Å². The summed E-state index contributed by atoms with van der Waals surface area (Å²) in [6.07, 6.45) is 1.67. The van der Waals surface area contributed by atoms with Crippen molar-refractivity contribution in [1.29, 1.82) is 0 Å². The van der Waals surface area contributed by atoms with E-state index in [1.165, 1.54) is 0 Å². The van der Waals surface area contributed by atoms with Crippen LogP contribution < -0.4 is 10.6 Å². The predicted octanol–water partition coefficient (Wildman–Crippen LogP) is 3.65. The number of halogens is 1. The van der Waals surface area contributed by atoms with Gasteiger partial charge in [0.05, 0.1) is 24.9 Å². The van der Waals surface area contributed by atoms with Crippen molar-refractivity contribution in [2.45, 2.75) is 32.9 Å². The van der Waals surface area contributed by atoms with Crippen molar-refractivity contribution in [1.82, 2.24) is 15.5 Å². The summed E-state index contributed by atoms with van der Waals surface area (Å²) in [5, 5.41) is 6.59. The Bertz CT molecular complexity index is 713. The van der Waals surface area contributed by atoms with E-state index in [4.69, 9.17) is 9.41 Å². The minimum Gasteiger partial charge on any atom is -0.468 e. The molecule has 0 aliphatic carbocycles. The number of aliphatic imine (C=N–C) groups is 1. The van der Waals surface area contributed by atoms with Gasteiger partial charge in [-0.3, -0.25) is 9.89 Å². The lowest BCUT2D eigenvalue weighted by molar-refractivity contribution is 0.265. The van der Waals surface area contributed by atoms with Crippen LogP contribution in [-0.2, 0) is 0 Å². The van der Waals surface area contributed by atoms with Gasteiger partial charge in [-0.05, 0) is 64.2 Å². The second-order valence-corrected chi connectivity index (χ2v) is 6.59. The van der Waals surface area contributed by atoms with Crippen molar-refractivity contribution in [3.63, 3.8) is 0 Å². The fourth-order valence-corrected chi connectivity index (χ4v) is 2.65. The lowest BCUT2D eigenvalue weighted by Crippen LogP contribution is -2.39. The van der Waals surface area contributed by atoms with Gasteiger partial charge in [0.2, 0.25) is 0 Å². The Balaban J connectivity index is 2.11. The average molecular weight is 360 g/mol. The number of hydrogen-bond donors (Lipinski definition) is 2. The molecule has 0 saturated carbocycles. The van der Waals surface area contributed by atoms with E-state index in [0.717, 1.165) is 17.9 Å². The zero-order valence-corrected chi connectivity index (χ0v) is 16.2. The lowest BCUT2D eigenvalue weighted by Gasteiger charge is -2.22. The van der Waals surface area contributed by atoms with Gasteiger partial charge in [-0.2, -0.15) is 0 Å². The number of benzene rings is 1. The van der Waals surface area contributed by atoms with Crippen LogP contribution in [-0.4, -0.2) is 38.0 Å². The van der Waals surface area contributed by atoms with Crippen molar-refractivity contribution < 1.29 is 8.81 Å². The van der Waals surface area contributed by atoms with E-state index in [9.17, 15) is 4.39 Å². The molecule has 0 saturated heterocycles. The molecule has 1 aromatic carbocycles. The van der Waals surface area contributed by atoms with Crippen molar-refractivity contribution in [2.75, 3.05) is 27.2 Å². The molecular weight excluding hydrogens is 331 g/mol. The molecule has 0 fully saturated rings. The van der Waals surface area contributed by atoms with Gasteiger partial charge in [0.1, 0.15) is 11.6 Å². The topological polar surface area (TPSA) is 52.8 Å². The standard InChI is InChI=1S/C20H29FN4O/c1-6-22-20(23-13-18(25(4)5)19-8-7-11-26-19)24-15(3)16-10-9-14(2)17(21)12-16/h7-12,15,18H,6,13H2,1-5H3,(H2,22,23,24). The molecule has 2 unspecified atom stereocenters. The highest BCUT2D eigenvalue weighted by Crippen LogP contribution is 2.19. The quantitative estimate of drug-likeness (QED) is 0.585. The number of furan rings is 1. The maximum Gasteiger partial charge on any atom is 0.191 e. The number of aryl methyl sites for hydroxylation is 1. The normalized spacial score (nSPS) is 14.3. The second-order valence-electron chi connectivity index (χ2n) is 6.59. The third-order valence-electron chi connectivity index (χ3n) is 4.31. The number of hydrogen-bond acceptors (Lipinski definition) is 3. The van der Waals surface area contributed by atoms with Crippen molar-refractivity contribution in [3.8, 4) is 0 Å². The first-order chi connectivity index (χ1) is 12.4. The number of likely N-dealkylation sites (N-methyl/N-ethyl adjacent to an activating group) is 1. The van der Waals surface area contributed by atoms with Crippen molar-refractivity contribution in [2.24, 2.45) is 4.99 Å². The van der Waals surface area contributed by atoms with E-state index in [1.54, 1.807) is 25.3 Å². The number of rotatable bonds is 7. The summed E-state index contributed by atoms with van der Waals surface area (Å²) in [6, 6.07) is 9.13. The van der Waals surface area contributed by atoms with Gasteiger partial charge in [-0.1, -0.05) is 12.1 Å². The maximum absolute atomic E-state index is 13.8. The molecule has 2 aromatic rings. The summed E-state index contributed by atoms with van der Waals surface area (Å²) in [5.41, 5.74) is 1.53. The van der Waals surface area contributed by atoms with Crippen LogP contribution in [0.5, 0.6) is 0 Å². The smallest absolute Gasteiger partial charge is 0.191 e. The number of nitrogens with one attached hydrogen (secondary N) is 2. The van der Waals surface area contributed by atoms with E-state index in [2.05, 4.69) is 15.5 Å². The highest BCUT2D eigenvalue weighted by atomic mass is 19.1. The molecule has 0 aliphatic heterocycles. The van der Waals surface area contributed by atoms with Crippen LogP contribution in [0.15, 0.2) is 46.0 Å². The van der Waals surface area contributed by atoms with Gasteiger partial charge in [0.15, 0.2) is 5.96 Å². The summed E-state index contributed by atoms with van der Waals surface area (Å²) < 4.78 is 19.4. The third kappa shape index (κ3) is 5.33. The Kier molecular flexibility index (Phi) is 7.21. The van der Waals surface area contributed by atoms with Crippen LogP contribution in [0.25, 0.3) is 0 Å². The van der Waals surface area contributed by atoms with E-state index in [0.29, 0.717) is 18.1 Å². The molecule has 0 bridgehead atoms. The van der Waals surface area contributed by atoms with Crippen molar-refractivity contribution in [3.05, 3.63) is 59.3 Å². The summed E-state index contributed by atoms with van der Waals surface area (Å²) in [6.45, 7) is 7.06. The van der Waals surface area contributed by atoms with Crippen LogP contribution in [0, 0.1) is 12.7 Å². The highest BCUT2D eigenvalue weighted by Gasteiger charge is 2.17. The summed E-state index contributed by atoms with van der Waals surface area (Å²) >= 11 is 0. The summed E-state index contributed by atoms with van der Waals surface area (Å²) in [7, 11) is 4.00. The van der Waals surface area contributed by atoms with Gasteiger partial charge in [-0.15, -0.1) is 0 Å². The van der Waals surface area contributed by atoms with Crippen LogP contribution in [0.3, 0.4) is 0 Å². The number of nitrogens with zero attached hydrogens (tertiary/aromatic N) is 2. The molecular formula is C20H29FN4O.